The van der Waals surface area contributed by atoms with E-state index in [9.17, 15) is 13.6 Å². The van der Waals surface area contributed by atoms with Gasteiger partial charge in [0.25, 0.3) is 0 Å². The lowest BCUT2D eigenvalue weighted by atomic mass is 10.0. The zero-order valence-corrected chi connectivity index (χ0v) is 17.5. The summed E-state index contributed by atoms with van der Waals surface area (Å²) in [5.74, 6) is -0.285. The van der Waals surface area contributed by atoms with Gasteiger partial charge >= 0.3 is 0 Å². The van der Waals surface area contributed by atoms with Crippen LogP contribution in [0.2, 0.25) is 0 Å². The molecule has 0 N–H and O–H groups in total. The maximum Gasteiger partial charge on any atom is 0.246 e. The summed E-state index contributed by atoms with van der Waals surface area (Å²) in [6.45, 7) is 2.94. The molecule has 1 amide bonds. The SMILES string of the molecule is O=C(C=Cc1cnn2ccc(N3CCCC3c3cc(F)ccc3F)nc12)N1CCOCC1. The fourth-order valence-corrected chi connectivity index (χ4v) is 4.34. The van der Waals surface area contributed by atoms with Crippen molar-refractivity contribution in [3.05, 3.63) is 65.5 Å². The molecule has 3 aromatic rings. The Balaban J connectivity index is 1.42. The van der Waals surface area contributed by atoms with Crippen LogP contribution in [0.1, 0.15) is 30.0 Å². The molecule has 5 rings (SSSR count). The Morgan fingerprint density at radius 3 is 2.84 bits per heavy atom. The minimum atomic E-state index is -0.454. The lowest BCUT2D eigenvalue weighted by Crippen LogP contribution is -2.39. The van der Waals surface area contributed by atoms with E-state index in [0.29, 0.717) is 61.9 Å². The van der Waals surface area contributed by atoms with E-state index < -0.39 is 11.6 Å². The van der Waals surface area contributed by atoms with E-state index >= 15 is 0 Å². The van der Waals surface area contributed by atoms with Gasteiger partial charge in [-0.1, -0.05) is 0 Å². The van der Waals surface area contributed by atoms with Crippen LogP contribution >= 0.6 is 0 Å². The minimum Gasteiger partial charge on any atom is -0.378 e. The smallest absolute Gasteiger partial charge is 0.246 e. The summed E-state index contributed by atoms with van der Waals surface area (Å²) in [4.78, 5) is 20.9. The normalized spacial score (nSPS) is 19.4. The number of hydrogen-bond acceptors (Lipinski definition) is 5. The summed E-state index contributed by atoms with van der Waals surface area (Å²) in [5, 5.41) is 4.31. The summed E-state index contributed by atoms with van der Waals surface area (Å²) in [5.41, 5.74) is 1.65. The van der Waals surface area contributed by atoms with Gasteiger partial charge in [0, 0.05) is 43.0 Å². The number of carbonyl (C=O) groups excluding carboxylic acids is 1. The number of rotatable bonds is 4. The molecule has 0 saturated carbocycles. The molecule has 1 unspecified atom stereocenters. The molecule has 0 spiro atoms. The molecule has 0 bridgehead atoms. The molecule has 4 heterocycles. The average molecular weight is 439 g/mol. The molecule has 9 heteroatoms. The fraction of sp³-hybridized carbons (Fsp3) is 0.348. The summed E-state index contributed by atoms with van der Waals surface area (Å²) in [7, 11) is 0. The fourth-order valence-electron chi connectivity index (χ4n) is 4.34. The molecular weight excluding hydrogens is 416 g/mol. The first-order valence-electron chi connectivity index (χ1n) is 10.7. The Bertz CT molecular complexity index is 1170. The van der Waals surface area contributed by atoms with Crippen LogP contribution in [0.4, 0.5) is 14.6 Å². The highest BCUT2D eigenvalue weighted by Crippen LogP contribution is 2.36. The lowest BCUT2D eigenvalue weighted by molar-refractivity contribution is -0.129. The number of ether oxygens (including phenoxy) is 1. The van der Waals surface area contributed by atoms with Crippen molar-refractivity contribution >= 4 is 23.4 Å². The Labute approximate surface area is 183 Å². The second kappa shape index (κ2) is 8.66. The van der Waals surface area contributed by atoms with Crippen molar-refractivity contribution < 1.29 is 18.3 Å². The Hall–Kier alpha value is -3.33. The van der Waals surface area contributed by atoms with Gasteiger partial charge in [-0.15, -0.1) is 0 Å². The monoisotopic (exact) mass is 439 g/mol. The first-order chi connectivity index (χ1) is 15.6. The molecule has 1 aromatic carbocycles. The maximum absolute atomic E-state index is 14.4. The molecule has 2 fully saturated rings. The van der Waals surface area contributed by atoms with Crippen LogP contribution in [0.5, 0.6) is 0 Å². The van der Waals surface area contributed by atoms with Gasteiger partial charge in [-0.05, 0) is 43.2 Å². The van der Waals surface area contributed by atoms with Crippen LogP contribution < -0.4 is 4.90 Å². The first kappa shape index (κ1) is 20.6. The topological polar surface area (TPSA) is 63.0 Å². The number of amides is 1. The molecule has 2 aromatic heterocycles. The summed E-state index contributed by atoms with van der Waals surface area (Å²) in [6.07, 6.45) is 8.25. The minimum absolute atomic E-state index is 0.0787. The van der Waals surface area contributed by atoms with Crippen molar-refractivity contribution in [3.8, 4) is 0 Å². The molecule has 2 aliphatic heterocycles. The van der Waals surface area contributed by atoms with Gasteiger partial charge in [0.1, 0.15) is 17.5 Å². The van der Waals surface area contributed by atoms with Gasteiger partial charge < -0.3 is 14.5 Å². The quantitative estimate of drug-likeness (QED) is 0.584. The Morgan fingerprint density at radius 1 is 1.16 bits per heavy atom. The predicted octanol–water partition coefficient (Wildman–Crippen LogP) is 3.22. The highest BCUT2D eigenvalue weighted by molar-refractivity contribution is 5.92. The molecule has 2 aliphatic rings. The summed E-state index contributed by atoms with van der Waals surface area (Å²) >= 11 is 0. The van der Waals surface area contributed by atoms with E-state index in [1.165, 1.54) is 18.2 Å². The zero-order valence-electron chi connectivity index (χ0n) is 17.5. The molecule has 2 saturated heterocycles. The van der Waals surface area contributed by atoms with Crippen LogP contribution in [0, 0.1) is 11.6 Å². The molecule has 0 radical (unpaired) electrons. The van der Waals surface area contributed by atoms with Gasteiger partial charge in [-0.2, -0.15) is 5.10 Å². The largest absolute Gasteiger partial charge is 0.378 e. The van der Waals surface area contributed by atoms with Crippen molar-refractivity contribution in [1.82, 2.24) is 19.5 Å². The van der Waals surface area contributed by atoms with Gasteiger partial charge in [0.15, 0.2) is 5.65 Å². The predicted molar refractivity (Wildman–Crippen MR) is 115 cm³/mol. The van der Waals surface area contributed by atoms with E-state index in [1.54, 1.807) is 27.9 Å². The molecule has 0 aliphatic carbocycles. The molecule has 32 heavy (non-hydrogen) atoms. The third-order valence-corrected chi connectivity index (χ3v) is 5.97. The zero-order chi connectivity index (χ0) is 22.1. The average Bonchev–Trinajstić information content (AvgIpc) is 3.46. The standard InChI is InChI=1S/C23H23F2N5O2/c24-17-4-5-19(25)18(14-17)20-2-1-8-29(20)21-7-9-30-23(27-21)16(15-26-30)3-6-22(31)28-10-12-32-13-11-28/h3-7,9,14-15,20H,1-2,8,10-13H2. The number of anilines is 1. The summed E-state index contributed by atoms with van der Waals surface area (Å²) < 4.78 is 35.1. The lowest BCUT2D eigenvalue weighted by Gasteiger charge is -2.26. The van der Waals surface area contributed by atoms with Crippen LogP contribution in [-0.2, 0) is 9.53 Å². The number of halogens is 2. The van der Waals surface area contributed by atoms with Crippen LogP contribution in [-0.4, -0.2) is 58.3 Å². The van der Waals surface area contributed by atoms with E-state index in [1.807, 2.05) is 11.0 Å². The van der Waals surface area contributed by atoms with Crippen LogP contribution in [0.25, 0.3) is 11.7 Å². The number of nitrogens with zero attached hydrogens (tertiary/aromatic N) is 5. The maximum atomic E-state index is 14.4. The van der Waals surface area contributed by atoms with Crippen molar-refractivity contribution in [3.63, 3.8) is 0 Å². The molecular formula is C23H23F2N5O2. The molecule has 7 nitrogen and oxygen atoms in total. The summed E-state index contributed by atoms with van der Waals surface area (Å²) in [6, 6.07) is 5.10. The van der Waals surface area contributed by atoms with E-state index in [2.05, 4.69) is 5.10 Å². The molecule has 1 atom stereocenters. The number of benzene rings is 1. The van der Waals surface area contributed by atoms with Crippen molar-refractivity contribution in [2.75, 3.05) is 37.7 Å². The number of carbonyl (C=O) groups is 1. The van der Waals surface area contributed by atoms with E-state index in [0.717, 1.165) is 12.5 Å². The van der Waals surface area contributed by atoms with Crippen LogP contribution in [0.15, 0.2) is 42.7 Å². The Morgan fingerprint density at radius 2 is 2.00 bits per heavy atom. The highest BCUT2D eigenvalue weighted by atomic mass is 19.1. The highest BCUT2D eigenvalue weighted by Gasteiger charge is 2.30. The van der Waals surface area contributed by atoms with Crippen molar-refractivity contribution in [2.45, 2.75) is 18.9 Å². The second-order valence-electron chi connectivity index (χ2n) is 7.94. The number of hydrogen-bond donors (Lipinski definition) is 0. The van der Waals surface area contributed by atoms with Gasteiger partial charge in [0.05, 0.1) is 25.5 Å². The number of morpholine rings is 1. The third-order valence-electron chi connectivity index (χ3n) is 5.97. The van der Waals surface area contributed by atoms with E-state index in [-0.39, 0.29) is 11.9 Å². The van der Waals surface area contributed by atoms with Gasteiger partial charge in [-0.25, -0.2) is 18.3 Å². The first-order valence-corrected chi connectivity index (χ1v) is 10.7. The second-order valence-corrected chi connectivity index (χ2v) is 7.94. The van der Waals surface area contributed by atoms with Crippen LogP contribution in [0.3, 0.4) is 0 Å². The third kappa shape index (κ3) is 3.95. The number of aromatic nitrogens is 3. The number of fused-ring (bicyclic) bond motifs is 1. The van der Waals surface area contributed by atoms with Crippen molar-refractivity contribution in [1.29, 1.82) is 0 Å². The van der Waals surface area contributed by atoms with Gasteiger partial charge in [0.2, 0.25) is 5.91 Å². The van der Waals surface area contributed by atoms with Crippen molar-refractivity contribution in [2.24, 2.45) is 0 Å². The molecule has 166 valence electrons. The Kier molecular flexibility index (Phi) is 5.57. The van der Waals surface area contributed by atoms with Gasteiger partial charge in [-0.3, -0.25) is 4.79 Å². The van der Waals surface area contributed by atoms with E-state index in [4.69, 9.17) is 9.72 Å².